The van der Waals surface area contributed by atoms with Crippen LogP contribution in [0.4, 0.5) is 5.82 Å². The van der Waals surface area contributed by atoms with Crippen LogP contribution in [-0.4, -0.2) is 77.0 Å². The molecule has 0 aromatic carbocycles. The van der Waals surface area contributed by atoms with Gasteiger partial charge in [0.1, 0.15) is 42.2 Å². The van der Waals surface area contributed by atoms with E-state index in [0.29, 0.717) is 11.2 Å². The molecule has 0 saturated carbocycles. The highest BCUT2D eigenvalue weighted by molar-refractivity contribution is 5.86. The zero-order valence-electron chi connectivity index (χ0n) is 18.8. The number of aliphatic carboxylic acids is 1. The van der Waals surface area contributed by atoms with Crippen LogP contribution in [0, 0.1) is 5.92 Å². The predicted molar refractivity (Wildman–Crippen MR) is 120 cm³/mol. The number of carbonyl (C=O) groups excluding carboxylic acids is 1. The van der Waals surface area contributed by atoms with Crippen molar-refractivity contribution in [1.82, 2.24) is 24.8 Å². The third-order valence-corrected chi connectivity index (χ3v) is 5.58. The number of nitrogen functional groups attached to an aromatic ring is 1. The molecule has 1 aliphatic heterocycles. The number of nitrogens with one attached hydrogen (secondary N) is 1. The maximum Gasteiger partial charge on any atom is 0.326 e. The molecular formula is C20H30N8O6. The number of nitrogens with zero attached hydrogens (tertiary/aromatic N) is 4. The normalized spacial score (nSPS) is 24.2. The Morgan fingerprint density at radius 3 is 2.59 bits per heavy atom. The Morgan fingerprint density at radius 2 is 1.94 bits per heavy atom. The highest BCUT2D eigenvalue weighted by Gasteiger charge is 2.41. The molecule has 10 N–H and O–H groups in total. The van der Waals surface area contributed by atoms with Crippen LogP contribution in [0.5, 0.6) is 0 Å². The van der Waals surface area contributed by atoms with E-state index < -0.39 is 48.4 Å². The summed E-state index contributed by atoms with van der Waals surface area (Å²) in [4.78, 5) is 35.6. The second-order valence-corrected chi connectivity index (χ2v) is 8.51. The lowest BCUT2D eigenvalue weighted by Gasteiger charge is -2.21. The fourth-order valence-electron chi connectivity index (χ4n) is 3.59. The SMILES string of the molecule is CC(C)[C@H](NC(=O)[C@@H](N)CC[C@H](N)C=C1O[C@@H](n2cnc3c(N)ncnc32)[C@H](O)[C@@H]1O)C(=O)O. The van der Waals surface area contributed by atoms with E-state index in [0.717, 1.165) is 0 Å². The maximum absolute atomic E-state index is 12.2. The fraction of sp³-hybridized carbons (Fsp3) is 0.550. The van der Waals surface area contributed by atoms with Crippen LogP contribution in [0.1, 0.15) is 32.9 Å². The molecule has 3 heterocycles. The van der Waals surface area contributed by atoms with E-state index in [1.807, 2.05) is 0 Å². The van der Waals surface area contributed by atoms with Crippen molar-refractivity contribution in [3.8, 4) is 0 Å². The number of aliphatic hydroxyl groups is 2. The number of aromatic nitrogens is 4. The summed E-state index contributed by atoms with van der Waals surface area (Å²) in [6.07, 6.45) is 0.756. The van der Waals surface area contributed by atoms with Gasteiger partial charge in [0.25, 0.3) is 0 Å². The van der Waals surface area contributed by atoms with Crippen molar-refractivity contribution in [2.75, 3.05) is 5.73 Å². The smallest absolute Gasteiger partial charge is 0.326 e. The molecule has 2 aromatic rings. The number of aliphatic hydroxyl groups excluding tert-OH is 2. The summed E-state index contributed by atoms with van der Waals surface area (Å²) in [6.45, 7) is 3.35. The Morgan fingerprint density at radius 1 is 1.24 bits per heavy atom. The number of hydrogen-bond donors (Lipinski definition) is 7. The third kappa shape index (κ3) is 5.25. The van der Waals surface area contributed by atoms with Gasteiger partial charge in [0.15, 0.2) is 11.5 Å². The first-order valence-electron chi connectivity index (χ1n) is 10.7. The van der Waals surface area contributed by atoms with Gasteiger partial charge in [-0.3, -0.25) is 9.36 Å². The van der Waals surface area contributed by atoms with Gasteiger partial charge in [-0.2, -0.15) is 0 Å². The number of ether oxygens (including phenoxy) is 1. The molecule has 3 rings (SSSR count). The summed E-state index contributed by atoms with van der Waals surface area (Å²) in [5, 5.41) is 32.6. The second kappa shape index (κ2) is 10.3. The molecule has 0 aliphatic carbocycles. The highest BCUT2D eigenvalue weighted by Crippen LogP contribution is 2.34. The topological polar surface area (TPSA) is 238 Å². The number of hydrogen-bond acceptors (Lipinski definition) is 11. The summed E-state index contributed by atoms with van der Waals surface area (Å²) < 4.78 is 7.17. The number of fused-ring (bicyclic) bond motifs is 1. The predicted octanol–water partition coefficient (Wildman–Crippen LogP) is -1.80. The Bertz CT molecular complexity index is 1070. The molecule has 186 valence electrons. The summed E-state index contributed by atoms with van der Waals surface area (Å²) in [6, 6.07) is -2.68. The lowest BCUT2D eigenvalue weighted by molar-refractivity contribution is -0.143. The van der Waals surface area contributed by atoms with Gasteiger partial charge in [0.05, 0.1) is 6.04 Å². The van der Waals surface area contributed by atoms with Crippen molar-refractivity contribution in [2.45, 2.75) is 63.3 Å². The number of rotatable bonds is 9. The van der Waals surface area contributed by atoms with Crippen LogP contribution in [0.25, 0.3) is 11.2 Å². The zero-order valence-corrected chi connectivity index (χ0v) is 18.8. The zero-order chi connectivity index (χ0) is 25.2. The van der Waals surface area contributed by atoms with Gasteiger partial charge in [0.2, 0.25) is 12.1 Å². The van der Waals surface area contributed by atoms with Gasteiger partial charge in [-0.05, 0) is 24.8 Å². The fourth-order valence-corrected chi connectivity index (χ4v) is 3.59. The van der Waals surface area contributed by atoms with Gasteiger partial charge < -0.3 is 42.6 Å². The second-order valence-electron chi connectivity index (χ2n) is 8.51. The number of anilines is 1. The number of nitrogens with two attached hydrogens (primary N) is 3. The number of amides is 1. The average Bonchev–Trinajstić information content (AvgIpc) is 3.32. The Kier molecular flexibility index (Phi) is 7.66. The van der Waals surface area contributed by atoms with Crippen LogP contribution in [-0.2, 0) is 14.3 Å². The number of imidazole rings is 1. The molecule has 34 heavy (non-hydrogen) atoms. The largest absolute Gasteiger partial charge is 0.480 e. The molecule has 1 saturated heterocycles. The van der Waals surface area contributed by atoms with Gasteiger partial charge in [-0.15, -0.1) is 0 Å². The van der Waals surface area contributed by atoms with E-state index in [2.05, 4.69) is 20.3 Å². The van der Waals surface area contributed by atoms with Crippen molar-refractivity contribution in [1.29, 1.82) is 0 Å². The minimum atomic E-state index is -1.35. The van der Waals surface area contributed by atoms with E-state index in [9.17, 15) is 24.9 Å². The molecule has 0 spiro atoms. The van der Waals surface area contributed by atoms with Crippen molar-refractivity contribution in [2.24, 2.45) is 17.4 Å². The number of carbonyl (C=O) groups is 2. The Balaban J connectivity index is 1.62. The van der Waals surface area contributed by atoms with Crippen LogP contribution in [0.2, 0.25) is 0 Å². The lowest BCUT2D eigenvalue weighted by atomic mass is 10.0. The molecule has 2 aromatic heterocycles. The summed E-state index contributed by atoms with van der Waals surface area (Å²) in [5.74, 6) is -1.83. The molecule has 14 heteroatoms. The summed E-state index contributed by atoms with van der Waals surface area (Å²) >= 11 is 0. The number of carboxylic acid groups (broad SMARTS) is 1. The first-order valence-corrected chi connectivity index (χ1v) is 10.7. The molecule has 1 amide bonds. The average molecular weight is 479 g/mol. The van der Waals surface area contributed by atoms with Gasteiger partial charge >= 0.3 is 5.97 Å². The van der Waals surface area contributed by atoms with Crippen LogP contribution < -0.4 is 22.5 Å². The van der Waals surface area contributed by atoms with Crippen molar-refractivity contribution in [3.05, 3.63) is 24.5 Å². The first kappa shape index (κ1) is 25.3. The highest BCUT2D eigenvalue weighted by atomic mass is 16.5. The summed E-state index contributed by atoms with van der Waals surface area (Å²) in [5.41, 5.74) is 18.4. The third-order valence-electron chi connectivity index (χ3n) is 5.58. The van der Waals surface area contributed by atoms with E-state index in [-0.39, 0.29) is 30.3 Å². The quantitative estimate of drug-likeness (QED) is 0.211. The van der Waals surface area contributed by atoms with Crippen molar-refractivity contribution < 1.29 is 29.6 Å². The van der Waals surface area contributed by atoms with Crippen LogP contribution >= 0.6 is 0 Å². The van der Waals surface area contributed by atoms with E-state index in [1.54, 1.807) is 13.8 Å². The maximum atomic E-state index is 12.2. The van der Waals surface area contributed by atoms with E-state index in [4.69, 9.17) is 21.9 Å². The van der Waals surface area contributed by atoms with Crippen LogP contribution in [0.15, 0.2) is 24.5 Å². The summed E-state index contributed by atoms with van der Waals surface area (Å²) in [7, 11) is 0. The van der Waals surface area contributed by atoms with E-state index in [1.165, 1.54) is 23.3 Å². The molecule has 0 radical (unpaired) electrons. The molecule has 0 unspecified atom stereocenters. The van der Waals surface area contributed by atoms with Gasteiger partial charge in [-0.1, -0.05) is 13.8 Å². The Hall–Kier alpha value is -3.33. The van der Waals surface area contributed by atoms with E-state index >= 15 is 0 Å². The van der Waals surface area contributed by atoms with Gasteiger partial charge in [0, 0.05) is 6.04 Å². The monoisotopic (exact) mass is 478 g/mol. The molecule has 14 nitrogen and oxygen atoms in total. The standard InChI is InChI=1S/C20H30N8O6/c1-8(2)12(20(32)33)27-18(31)10(22)4-3-9(21)5-11-14(29)15(30)19(34-11)28-7-26-13-16(23)24-6-25-17(13)28/h5-10,12,14-15,19,29-30H,3-4,21-22H2,1-2H3,(H,27,31)(H,32,33)(H2,23,24,25)/t9-,10-,12-,14+,15+,19+/m0/s1. The first-order chi connectivity index (χ1) is 16.0. The molecule has 1 fully saturated rings. The Labute approximate surface area is 194 Å². The molecule has 0 bridgehead atoms. The minimum absolute atomic E-state index is 0.0534. The lowest BCUT2D eigenvalue weighted by Crippen LogP contribution is -2.50. The minimum Gasteiger partial charge on any atom is -0.480 e. The van der Waals surface area contributed by atoms with Crippen LogP contribution in [0.3, 0.4) is 0 Å². The molecule has 1 aliphatic rings. The molecule has 6 atom stereocenters. The van der Waals surface area contributed by atoms with Crippen molar-refractivity contribution in [3.63, 3.8) is 0 Å². The number of carboxylic acids is 1. The molecular weight excluding hydrogens is 448 g/mol. The van der Waals surface area contributed by atoms with Crippen molar-refractivity contribution >= 4 is 28.9 Å². The van der Waals surface area contributed by atoms with Gasteiger partial charge in [-0.25, -0.2) is 19.7 Å².